The number of benzene rings is 1. The first-order chi connectivity index (χ1) is 13.2. The van der Waals surface area contributed by atoms with Crippen molar-refractivity contribution >= 4 is 29.0 Å². The predicted molar refractivity (Wildman–Crippen MR) is 107 cm³/mol. The molecule has 3 rings (SSSR count). The van der Waals surface area contributed by atoms with Crippen LogP contribution < -0.4 is 15.4 Å². The van der Waals surface area contributed by atoms with Crippen LogP contribution in [0.15, 0.2) is 42.2 Å². The summed E-state index contributed by atoms with van der Waals surface area (Å²) in [6, 6.07) is 6.85. The third-order valence-corrected chi connectivity index (χ3v) is 4.68. The first kappa shape index (κ1) is 19.2. The van der Waals surface area contributed by atoms with Gasteiger partial charge >= 0.3 is 0 Å². The van der Waals surface area contributed by atoms with Crippen LogP contribution in [0.5, 0.6) is 5.75 Å². The van der Waals surface area contributed by atoms with Gasteiger partial charge in [0, 0.05) is 17.6 Å². The van der Waals surface area contributed by atoms with Crippen molar-refractivity contribution in [3.63, 3.8) is 0 Å². The van der Waals surface area contributed by atoms with Gasteiger partial charge in [0.05, 0.1) is 12.8 Å². The summed E-state index contributed by atoms with van der Waals surface area (Å²) in [6.07, 6.45) is 9.34. The molecule has 1 aliphatic rings. The maximum absolute atomic E-state index is 12.4. The number of carbonyl (C=O) groups is 1. The van der Waals surface area contributed by atoms with Crippen molar-refractivity contribution in [3.05, 3.63) is 53.0 Å². The van der Waals surface area contributed by atoms with E-state index in [0.717, 1.165) is 19.3 Å². The number of anilines is 2. The van der Waals surface area contributed by atoms with Gasteiger partial charge in [0.1, 0.15) is 23.6 Å². The molecule has 0 aliphatic heterocycles. The topological polar surface area (TPSA) is 76.1 Å². The Labute approximate surface area is 164 Å². The van der Waals surface area contributed by atoms with Crippen molar-refractivity contribution in [2.75, 3.05) is 19.0 Å². The lowest BCUT2D eigenvalue weighted by atomic mass is 9.97. The molecule has 1 aliphatic carbocycles. The van der Waals surface area contributed by atoms with Crippen LogP contribution in [0.2, 0.25) is 5.02 Å². The molecule has 0 saturated carbocycles. The zero-order valence-corrected chi connectivity index (χ0v) is 16.1. The summed E-state index contributed by atoms with van der Waals surface area (Å²) in [5.41, 5.74) is 2.41. The number of hydrogen-bond donors (Lipinski definition) is 2. The molecule has 142 valence electrons. The highest BCUT2D eigenvalue weighted by atomic mass is 35.5. The first-order valence-electron chi connectivity index (χ1n) is 9.04. The number of allylic oxidation sites excluding steroid dienone is 1. The van der Waals surface area contributed by atoms with Gasteiger partial charge in [-0.15, -0.1) is 0 Å². The number of nitrogens with zero attached hydrogens (tertiary/aromatic N) is 2. The molecule has 7 heteroatoms. The van der Waals surface area contributed by atoms with Crippen molar-refractivity contribution < 1.29 is 9.53 Å². The summed E-state index contributed by atoms with van der Waals surface area (Å²) >= 11 is 6.05. The third kappa shape index (κ3) is 5.44. The van der Waals surface area contributed by atoms with Gasteiger partial charge in [0.15, 0.2) is 0 Å². The van der Waals surface area contributed by atoms with Crippen LogP contribution in [-0.2, 0) is 0 Å². The van der Waals surface area contributed by atoms with E-state index in [4.69, 9.17) is 16.3 Å². The Morgan fingerprint density at radius 3 is 2.93 bits per heavy atom. The summed E-state index contributed by atoms with van der Waals surface area (Å²) < 4.78 is 5.31. The Balaban J connectivity index is 1.62. The maximum Gasteiger partial charge on any atom is 0.270 e. The minimum Gasteiger partial charge on any atom is -0.495 e. The predicted octanol–water partition coefficient (Wildman–Crippen LogP) is 4.50. The number of ether oxygens (including phenoxy) is 1. The van der Waals surface area contributed by atoms with E-state index in [1.54, 1.807) is 31.4 Å². The van der Waals surface area contributed by atoms with Gasteiger partial charge in [-0.1, -0.05) is 23.3 Å². The smallest absolute Gasteiger partial charge is 0.270 e. The van der Waals surface area contributed by atoms with Gasteiger partial charge in [-0.25, -0.2) is 9.97 Å². The number of rotatable bonds is 7. The van der Waals surface area contributed by atoms with E-state index in [1.807, 2.05) is 0 Å². The Morgan fingerprint density at radius 2 is 2.15 bits per heavy atom. The SMILES string of the molecule is COc1ccc(Cl)cc1Nc1cc(C(=O)NCCC2=CCCCC2)ncn1. The second kappa shape index (κ2) is 9.37. The highest BCUT2D eigenvalue weighted by Gasteiger charge is 2.11. The number of halogens is 1. The Bertz CT molecular complexity index is 838. The van der Waals surface area contributed by atoms with Crippen LogP contribution in [-0.4, -0.2) is 29.5 Å². The summed E-state index contributed by atoms with van der Waals surface area (Å²) in [5, 5.41) is 6.61. The number of aromatic nitrogens is 2. The van der Waals surface area contributed by atoms with Crippen molar-refractivity contribution in [2.45, 2.75) is 32.1 Å². The van der Waals surface area contributed by atoms with Crippen LogP contribution in [0.1, 0.15) is 42.6 Å². The average Bonchev–Trinajstić information content (AvgIpc) is 2.69. The fraction of sp³-hybridized carbons (Fsp3) is 0.350. The molecule has 1 amide bonds. The zero-order valence-electron chi connectivity index (χ0n) is 15.3. The van der Waals surface area contributed by atoms with Gasteiger partial charge in [-0.2, -0.15) is 0 Å². The Morgan fingerprint density at radius 1 is 1.26 bits per heavy atom. The second-order valence-electron chi connectivity index (χ2n) is 6.37. The largest absolute Gasteiger partial charge is 0.495 e. The van der Waals surface area contributed by atoms with Crippen LogP contribution in [0, 0.1) is 0 Å². The quantitative estimate of drug-likeness (QED) is 0.685. The number of hydrogen-bond acceptors (Lipinski definition) is 5. The fourth-order valence-electron chi connectivity index (χ4n) is 3.02. The minimum absolute atomic E-state index is 0.213. The number of methoxy groups -OCH3 is 1. The van der Waals surface area contributed by atoms with Gasteiger partial charge in [-0.05, 0) is 50.3 Å². The van der Waals surface area contributed by atoms with Crippen LogP contribution in [0.25, 0.3) is 0 Å². The van der Waals surface area contributed by atoms with Crippen molar-refractivity contribution in [3.8, 4) is 5.75 Å². The molecule has 1 heterocycles. The summed E-state index contributed by atoms with van der Waals surface area (Å²) in [5.74, 6) is 0.908. The van der Waals surface area contributed by atoms with Crippen molar-refractivity contribution in [1.82, 2.24) is 15.3 Å². The Kier molecular flexibility index (Phi) is 6.65. The monoisotopic (exact) mass is 386 g/mol. The molecule has 6 nitrogen and oxygen atoms in total. The van der Waals surface area contributed by atoms with Gasteiger partial charge < -0.3 is 15.4 Å². The molecule has 2 N–H and O–H groups in total. The van der Waals surface area contributed by atoms with E-state index in [-0.39, 0.29) is 5.91 Å². The fourth-order valence-corrected chi connectivity index (χ4v) is 3.20. The highest BCUT2D eigenvalue weighted by molar-refractivity contribution is 6.31. The number of amides is 1. The standard InChI is InChI=1S/C20H23ClN4O2/c1-27-18-8-7-15(21)11-16(18)25-19-12-17(23-13-24-19)20(26)22-10-9-14-5-3-2-4-6-14/h5,7-8,11-13H,2-4,6,9-10H2,1H3,(H,22,26)(H,23,24,25). The average molecular weight is 387 g/mol. The Hall–Kier alpha value is -2.60. The molecule has 1 aromatic carbocycles. The number of nitrogens with one attached hydrogen (secondary N) is 2. The summed E-state index contributed by atoms with van der Waals surface area (Å²) in [4.78, 5) is 20.6. The molecular weight excluding hydrogens is 364 g/mol. The lowest BCUT2D eigenvalue weighted by molar-refractivity contribution is 0.0949. The lowest BCUT2D eigenvalue weighted by Crippen LogP contribution is -2.26. The van der Waals surface area contributed by atoms with E-state index in [2.05, 4.69) is 26.7 Å². The molecule has 0 fully saturated rings. The first-order valence-corrected chi connectivity index (χ1v) is 9.42. The van der Waals surface area contributed by atoms with E-state index in [9.17, 15) is 4.79 Å². The molecule has 1 aromatic heterocycles. The normalized spacial score (nSPS) is 13.6. The third-order valence-electron chi connectivity index (χ3n) is 4.44. The van der Waals surface area contributed by atoms with Crippen LogP contribution in [0.3, 0.4) is 0 Å². The molecular formula is C20H23ClN4O2. The molecule has 2 aromatic rings. The molecule has 0 bridgehead atoms. The van der Waals surface area contributed by atoms with E-state index in [0.29, 0.717) is 34.5 Å². The maximum atomic E-state index is 12.4. The van der Waals surface area contributed by atoms with Crippen LogP contribution >= 0.6 is 11.6 Å². The van der Waals surface area contributed by atoms with Gasteiger partial charge in [0.25, 0.3) is 5.91 Å². The second-order valence-corrected chi connectivity index (χ2v) is 6.81. The summed E-state index contributed by atoms with van der Waals surface area (Å²) in [7, 11) is 1.58. The number of carbonyl (C=O) groups excluding carboxylic acids is 1. The van der Waals surface area contributed by atoms with Crippen molar-refractivity contribution in [2.24, 2.45) is 0 Å². The molecule has 0 unspecified atom stereocenters. The van der Waals surface area contributed by atoms with E-state index in [1.165, 1.54) is 24.7 Å². The molecule has 0 saturated heterocycles. The zero-order chi connectivity index (χ0) is 19.1. The van der Waals surface area contributed by atoms with Gasteiger partial charge in [-0.3, -0.25) is 4.79 Å². The van der Waals surface area contributed by atoms with E-state index < -0.39 is 0 Å². The van der Waals surface area contributed by atoms with Crippen LogP contribution in [0.4, 0.5) is 11.5 Å². The summed E-state index contributed by atoms with van der Waals surface area (Å²) in [6.45, 7) is 0.611. The molecule has 27 heavy (non-hydrogen) atoms. The molecule has 0 radical (unpaired) electrons. The lowest BCUT2D eigenvalue weighted by Gasteiger charge is -2.13. The highest BCUT2D eigenvalue weighted by Crippen LogP contribution is 2.29. The van der Waals surface area contributed by atoms with E-state index >= 15 is 0 Å². The van der Waals surface area contributed by atoms with Crippen molar-refractivity contribution in [1.29, 1.82) is 0 Å². The minimum atomic E-state index is -0.213. The molecule has 0 spiro atoms. The molecule has 0 atom stereocenters. The van der Waals surface area contributed by atoms with Gasteiger partial charge in [0.2, 0.25) is 0 Å².